The van der Waals surface area contributed by atoms with E-state index in [1.165, 1.54) is 35.7 Å². The van der Waals surface area contributed by atoms with Crippen LogP contribution in [0.4, 0.5) is 8.78 Å². The Balaban J connectivity index is 1.81. The van der Waals surface area contributed by atoms with Crippen molar-refractivity contribution in [2.24, 2.45) is 7.05 Å². The van der Waals surface area contributed by atoms with Gasteiger partial charge >= 0.3 is 6.61 Å². The summed E-state index contributed by atoms with van der Waals surface area (Å²) >= 11 is 1.36. The normalized spacial score (nSPS) is 10.8. The van der Waals surface area contributed by atoms with Crippen molar-refractivity contribution in [1.29, 1.82) is 0 Å². The number of thioether (sulfide) groups is 1. The van der Waals surface area contributed by atoms with Crippen LogP contribution in [-0.2, 0) is 18.4 Å². The van der Waals surface area contributed by atoms with Crippen LogP contribution < -0.4 is 14.8 Å². The van der Waals surface area contributed by atoms with Crippen molar-refractivity contribution in [3.05, 3.63) is 23.8 Å². The van der Waals surface area contributed by atoms with E-state index < -0.39 is 6.61 Å². The van der Waals surface area contributed by atoms with Crippen molar-refractivity contribution in [2.75, 3.05) is 12.9 Å². The minimum atomic E-state index is -2.95. The van der Waals surface area contributed by atoms with Gasteiger partial charge in [-0.1, -0.05) is 17.8 Å². The molecular formula is C14H17F2N5O3S. The summed E-state index contributed by atoms with van der Waals surface area (Å²) < 4.78 is 35.7. The van der Waals surface area contributed by atoms with Crippen LogP contribution in [0.15, 0.2) is 23.4 Å². The van der Waals surface area contributed by atoms with Gasteiger partial charge in [0.05, 0.1) is 7.11 Å². The quantitative estimate of drug-likeness (QED) is 0.668. The number of nitrogens with one attached hydrogen (secondary N) is 1. The second-order valence-corrected chi connectivity index (χ2v) is 5.89. The van der Waals surface area contributed by atoms with Crippen LogP contribution >= 0.6 is 11.8 Å². The number of alkyl halides is 2. The number of aryl methyl sites for hydroxylation is 1. The molecular weight excluding hydrogens is 356 g/mol. The Morgan fingerprint density at radius 3 is 2.84 bits per heavy atom. The number of carbonyl (C=O) groups is 1. The van der Waals surface area contributed by atoms with Gasteiger partial charge in [0.2, 0.25) is 11.1 Å². The lowest BCUT2D eigenvalue weighted by Crippen LogP contribution is -2.23. The van der Waals surface area contributed by atoms with E-state index in [2.05, 4.69) is 25.6 Å². The maximum atomic E-state index is 12.4. The molecule has 0 saturated carbocycles. The number of ether oxygens (including phenoxy) is 2. The van der Waals surface area contributed by atoms with Crippen LogP contribution in [0, 0.1) is 0 Å². The number of rotatable bonds is 9. The molecule has 0 spiro atoms. The lowest BCUT2D eigenvalue weighted by atomic mass is 10.2. The average molecular weight is 373 g/mol. The Morgan fingerprint density at radius 1 is 1.40 bits per heavy atom. The van der Waals surface area contributed by atoms with Crippen molar-refractivity contribution in [1.82, 2.24) is 25.5 Å². The summed E-state index contributed by atoms with van der Waals surface area (Å²) in [6.07, 6.45) is 0.272. The maximum Gasteiger partial charge on any atom is 0.387 e. The van der Waals surface area contributed by atoms with E-state index in [9.17, 15) is 13.6 Å². The Labute approximate surface area is 146 Å². The molecule has 25 heavy (non-hydrogen) atoms. The van der Waals surface area contributed by atoms with E-state index in [-0.39, 0.29) is 30.4 Å². The van der Waals surface area contributed by atoms with Gasteiger partial charge in [0.25, 0.3) is 0 Å². The summed E-state index contributed by atoms with van der Waals surface area (Å²) in [4.78, 5) is 11.9. The molecule has 136 valence electrons. The molecule has 2 aromatic rings. The summed E-state index contributed by atoms with van der Waals surface area (Å²) in [5.74, 6) is 0.469. The number of aromatic nitrogens is 4. The SMILES string of the molecule is COc1ccc(CNC(=O)CCSc2nnnn2C)cc1OC(F)F. The number of amides is 1. The highest BCUT2D eigenvalue weighted by Gasteiger charge is 2.12. The predicted octanol–water partition coefficient (Wildman–Crippen LogP) is 1.62. The lowest BCUT2D eigenvalue weighted by Gasteiger charge is -2.12. The van der Waals surface area contributed by atoms with Gasteiger partial charge in [0.1, 0.15) is 0 Å². The molecule has 0 saturated heterocycles. The van der Waals surface area contributed by atoms with Crippen LogP contribution in [0.1, 0.15) is 12.0 Å². The molecule has 0 radical (unpaired) electrons. The molecule has 1 N–H and O–H groups in total. The highest BCUT2D eigenvalue weighted by molar-refractivity contribution is 7.99. The third kappa shape index (κ3) is 5.85. The van der Waals surface area contributed by atoms with Gasteiger partial charge in [-0.2, -0.15) is 8.78 Å². The third-order valence-electron chi connectivity index (χ3n) is 3.08. The number of hydrogen-bond donors (Lipinski definition) is 1. The van der Waals surface area contributed by atoms with Gasteiger partial charge in [0.15, 0.2) is 11.5 Å². The van der Waals surface area contributed by atoms with E-state index in [1.54, 1.807) is 13.1 Å². The number of carbonyl (C=O) groups excluding carboxylic acids is 1. The van der Waals surface area contributed by atoms with Crippen molar-refractivity contribution < 1.29 is 23.0 Å². The van der Waals surface area contributed by atoms with E-state index in [1.807, 2.05) is 0 Å². The largest absolute Gasteiger partial charge is 0.493 e. The predicted molar refractivity (Wildman–Crippen MR) is 85.6 cm³/mol. The zero-order valence-corrected chi connectivity index (χ0v) is 14.4. The summed E-state index contributed by atoms with van der Waals surface area (Å²) in [7, 11) is 3.07. The molecule has 0 bridgehead atoms. The molecule has 0 fully saturated rings. The monoisotopic (exact) mass is 373 g/mol. The fraction of sp³-hybridized carbons (Fsp3) is 0.429. The van der Waals surface area contributed by atoms with Crippen molar-refractivity contribution in [3.8, 4) is 11.5 Å². The smallest absolute Gasteiger partial charge is 0.387 e. The molecule has 0 aliphatic rings. The summed E-state index contributed by atoms with van der Waals surface area (Å²) in [5.41, 5.74) is 0.620. The van der Waals surface area contributed by atoms with Crippen LogP contribution in [-0.4, -0.2) is 45.6 Å². The third-order valence-corrected chi connectivity index (χ3v) is 4.09. The van der Waals surface area contributed by atoms with E-state index in [0.717, 1.165) is 0 Å². The number of hydrogen-bond acceptors (Lipinski definition) is 7. The number of halogens is 2. The molecule has 1 aromatic heterocycles. The van der Waals surface area contributed by atoms with Gasteiger partial charge in [-0.15, -0.1) is 5.10 Å². The topological polar surface area (TPSA) is 91.2 Å². The molecule has 1 heterocycles. The van der Waals surface area contributed by atoms with Crippen molar-refractivity contribution >= 4 is 17.7 Å². The first-order valence-electron chi connectivity index (χ1n) is 7.23. The number of methoxy groups -OCH3 is 1. The lowest BCUT2D eigenvalue weighted by molar-refractivity contribution is -0.120. The fourth-order valence-electron chi connectivity index (χ4n) is 1.89. The standard InChI is InChI=1S/C14H17F2N5O3S/c1-21-14(18-19-20-21)25-6-5-12(22)17-8-9-3-4-10(23-2)11(7-9)24-13(15)16/h3-4,7,13H,5-6,8H2,1-2H3,(H,17,22). The average Bonchev–Trinajstić information content (AvgIpc) is 2.98. The molecule has 0 aliphatic carbocycles. The van der Waals surface area contributed by atoms with Gasteiger partial charge in [0, 0.05) is 25.8 Å². The summed E-state index contributed by atoms with van der Waals surface area (Å²) in [6.45, 7) is -2.76. The van der Waals surface area contributed by atoms with Crippen LogP contribution in [0.2, 0.25) is 0 Å². The Hall–Kier alpha value is -2.43. The Kier molecular flexibility index (Phi) is 6.92. The van der Waals surface area contributed by atoms with Gasteiger partial charge in [-0.05, 0) is 28.1 Å². The number of tetrazole rings is 1. The molecule has 1 amide bonds. The first kappa shape index (κ1) is 18.9. The molecule has 8 nitrogen and oxygen atoms in total. The zero-order valence-electron chi connectivity index (χ0n) is 13.6. The number of nitrogens with zero attached hydrogens (tertiary/aromatic N) is 4. The van der Waals surface area contributed by atoms with E-state index >= 15 is 0 Å². The Bertz CT molecular complexity index is 714. The molecule has 0 aliphatic heterocycles. The van der Waals surface area contributed by atoms with Crippen LogP contribution in [0.5, 0.6) is 11.5 Å². The molecule has 1 aromatic carbocycles. The Morgan fingerprint density at radius 2 is 2.20 bits per heavy atom. The van der Waals surface area contributed by atoms with E-state index in [4.69, 9.17) is 4.74 Å². The molecule has 0 unspecified atom stereocenters. The van der Waals surface area contributed by atoms with Gasteiger partial charge in [-0.3, -0.25) is 4.79 Å². The van der Waals surface area contributed by atoms with Gasteiger partial charge in [-0.25, -0.2) is 4.68 Å². The second-order valence-electron chi connectivity index (χ2n) is 4.82. The summed E-state index contributed by atoms with van der Waals surface area (Å²) in [6, 6.07) is 4.58. The zero-order chi connectivity index (χ0) is 18.2. The van der Waals surface area contributed by atoms with Crippen LogP contribution in [0.25, 0.3) is 0 Å². The maximum absolute atomic E-state index is 12.4. The molecule has 11 heteroatoms. The molecule has 2 rings (SSSR count). The first-order valence-corrected chi connectivity index (χ1v) is 8.21. The summed E-state index contributed by atoms with van der Waals surface area (Å²) in [5, 5.41) is 14.3. The van der Waals surface area contributed by atoms with E-state index in [0.29, 0.717) is 16.5 Å². The van der Waals surface area contributed by atoms with Gasteiger partial charge < -0.3 is 14.8 Å². The second kappa shape index (κ2) is 9.16. The number of benzene rings is 1. The van der Waals surface area contributed by atoms with Crippen molar-refractivity contribution in [2.45, 2.75) is 24.7 Å². The minimum Gasteiger partial charge on any atom is -0.493 e. The minimum absolute atomic E-state index is 0.0745. The highest BCUT2D eigenvalue weighted by atomic mass is 32.2. The molecule has 0 atom stereocenters. The first-order chi connectivity index (χ1) is 12.0. The fourth-order valence-corrected chi connectivity index (χ4v) is 2.67. The highest BCUT2D eigenvalue weighted by Crippen LogP contribution is 2.29. The van der Waals surface area contributed by atoms with Crippen molar-refractivity contribution in [3.63, 3.8) is 0 Å². The van der Waals surface area contributed by atoms with Crippen LogP contribution in [0.3, 0.4) is 0 Å².